The molecule has 104 valence electrons. The molecule has 3 rings (SSSR count). The van der Waals surface area contributed by atoms with E-state index in [1.165, 1.54) is 11.1 Å². The molecule has 1 atom stereocenters. The lowest BCUT2D eigenvalue weighted by molar-refractivity contribution is 0.126. The minimum absolute atomic E-state index is 0.0256. The van der Waals surface area contributed by atoms with Crippen LogP contribution in [0, 0.1) is 5.41 Å². The molecule has 0 radical (unpaired) electrons. The van der Waals surface area contributed by atoms with E-state index in [-0.39, 0.29) is 5.41 Å². The van der Waals surface area contributed by atoms with E-state index in [4.69, 9.17) is 22.1 Å². The van der Waals surface area contributed by atoms with Gasteiger partial charge in [-0.1, -0.05) is 41.9 Å². The molecule has 1 aliphatic rings. The summed E-state index contributed by atoms with van der Waals surface area (Å²) in [6, 6.07) is 16.2. The fourth-order valence-electron chi connectivity index (χ4n) is 2.83. The van der Waals surface area contributed by atoms with Gasteiger partial charge < -0.3 is 10.5 Å². The molecule has 0 saturated carbocycles. The third-order valence-electron chi connectivity index (χ3n) is 4.00. The van der Waals surface area contributed by atoms with Crippen LogP contribution in [0.1, 0.15) is 11.1 Å². The van der Waals surface area contributed by atoms with E-state index in [1.807, 2.05) is 24.3 Å². The van der Waals surface area contributed by atoms with Gasteiger partial charge in [-0.15, -0.1) is 0 Å². The summed E-state index contributed by atoms with van der Waals surface area (Å²) in [6.07, 6.45) is 1.87. The van der Waals surface area contributed by atoms with Gasteiger partial charge in [0, 0.05) is 17.0 Å². The molecule has 0 amide bonds. The quantitative estimate of drug-likeness (QED) is 0.938. The molecule has 1 unspecified atom stereocenters. The number of fused-ring (bicyclic) bond motifs is 1. The van der Waals surface area contributed by atoms with E-state index >= 15 is 0 Å². The lowest BCUT2D eigenvalue weighted by Crippen LogP contribution is -2.43. The maximum absolute atomic E-state index is 6.07. The number of hydrogen-bond donors (Lipinski definition) is 1. The first-order valence-electron chi connectivity index (χ1n) is 6.86. The second kappa shape index (κ2) is 5.47. The van der Waals surface area contributed by atoms with Crippen LogP contribution in [-0.4, -0.2) is 13.2 Å². The van der Waals surface area contributed by atoms with Crippen molar-refractivity contribution >= 4 is 11.6 Å². The van der Waals surface area contributed by atoms with Crippen LogP contribution in [-0.2, 0) is 12.8 Å². The molecule has 0 spiro atoms. The zero-order valence-electron chi connectivity index (χ0n) is 11.3. The smallest absolute Gasteiger partial charge is 0.122 e. The van der Waals surface area contributed by atoms with Crippen LogP contribution in [0.4, 0.5) is 0 Å². The summed E-state index contributed by atoms with van der Waals surface area (Å²) in [5.74, 6) is 0.993. The van der Waals surface area contributed by atoms with E-state index in [9.17, 15) is 0 Å². The molecular weight excluding hydrogens is 270 g/mol. The SMILES string of the molecule is NCC1(Cc2ccc(Cl)cc2)COc2ccccc2C1. The van der Waals surface area contributed by atoms with Crippen LogP contribution >= 0.6 is 11.6 Å². The molecule has 20 heavy (non-hydrogen) atoms. The number of nitrogens with two attached hydrogens (primary N) is 1. The number of benzene rings is 2. The molecule has 2 aromatic rings. The summed E-state index contributed by atoms with van der Waals surface area (Å²) in [6.45, 7) is 1.28. The van der Waals surface area contributed by atoms with E-state index < -0.39 is 0 Å². The third kappa shape index (κ3) is 2.67. The first-order valence-corrected chi connectivity index (χ1v) is 7.24. The Hall–Kier alpha value is -1.51. The highest BCUT2D eigenvalue weighted by Gasteiger charge is 2.34. The maximum Gasteiger partial charge on any atom is 0.122 e. The number of hydrogen-bond acceptors (Lipinski definition) is 2. The molecule has 0 bridgehead atoms. The third-order valence-corrected chi connectivity index (χ3v) is 4.25. The van der Waals surface area contributed by atoms with Crippen molar-refractivity contribution in [3.63, 3.8) is 0 Å². The van der Waals surface area contributed by atoms with Crippen LogP contribution in [0.15, 0.2) is 48.5 Å². The monoisotopic (exact) mass is 287 g/mol. The van der Waals surface area contributed by atoms with Crippen LogP contribution in [0.5, 0.6) is 5.75 Å². The Morgan fingerprint density at radius 3 is 2.60 bits per heavy atom. The molecular formula is C17H18ClNO. The molecule has 3 heteroatoms. The van der Waals surface area contributed by atoms with Gasteiger partial charge in [-0.25, -0.2) is 0 Å². The van der Waals surface area contributed by atoms with E-state index in [2.05, 4.69) is 24.3 Å². The molecule has 2 N–H and O–H groups in total. The molecule has 1 aliphatic heterocycles. The van der Waals surface area contributed by atoms with Gasteiger partial charge in [0.15, 0.2) is 0 Å². The lowest BCUT2D eigenvalue weighted by atomic mass is 9.76. The normalized spacial score (nSPS) is 21.1. The molecule has 0 aliphatic carbocycles. The summed E-state index contributed by atoms with van der Waals surface area (Å²) in [5.41, 5.74) is 8.54. The molecule has 1 heterocycles. The van der Waals surface area contributed by atoms with E-state index in [0.29, 0.717) is 13.2 Å². The van der Waals surface area contributed by atoms with Crippen molar-refractivity contribution in [2.45, 2.75) is 12.8 Å². The van der Waals surface area contributed by atoms with Crippen molar-refractivity contribution in [1.82, 2.24) is 0 Å². The van der Waals surface area contributed by atoms with Gasteiger partial charge in [0.05, 0.1) is 6.61 Å². The van der Waals surface area contributed by atoms with Crippen LogP contribution in [0.2, 0.25) is 5.02 Å². The summed E-state index contributed by atoms with van der Waals surface area (Å²) in [7, 11) is 0. The minimum atomic E-state index is -0.0256. The van der Waals surface area contributed by atoms with Gasteiger partial charge in [0.2, 0.25) is 0 Å². The highest BCUT2D eigenvalue weighted by molar-refractivity contribution is 6.30. The predicted octanol–water partition coefficient (Wildman–Crippen LogP) is 3.46. The average molecular weight is 288 g/mol. The largest absolute Gasteiger partial charge is 0.493 e. The average Bonchev–Trinajstić information content (AvgIpc) is 2.49. The summed E-state index contributed by atoms with van der Waals surface area (Å²) >= 11 is 5.94. The van der Waals surface area contributed by atoms with Crippen LogP contribution in [0.3, 0.4) is 0 Å². The van der Waals surface area contributed by atoms with Gasteiger partial charge in [0.25, 0.3) is 0 Å². The molecule has 0 saturated heterocycles. The van der Waals surface area contributed by atoms with E-state index in [0.717, 1.165) is 23.6 Å². The minimum Gasteiger partial charge on any atom is -0.493 e. The van der Waals surface area contributed by atoms with Gasteiger partial charge in [0.1, 0.15) is 5.75 Å². The first kappa shape index (κ1) is 13.5. The van der Waals surface area contributed by atoms with Crippen molar-refractivity contribution < 1.29 is 4.74 Å². The second-order valence-electron chi connectivity index (χ2n) is 5.58. The Labute approximate surface area is 124 Å². The molecule has 2 nitrogen and oxygen atoms in total. The van der Waals surface area contributed by atoms with Crippen molar-refractivity contribution in [3.05, 3.63) is 64.7 Å². The van der Waals surface area contributed by atoms with Crippen molar-refractivity contribution in [2.75, 3.05) is 13.2 Å². The van der Waals surface area contributed by atoms with Crippen LogP contribution in [0.25, 0.3) is 0 Å². The van der Waals surface area contributed by atoms with Gasteiger partial charge >= 0.3 is 0 Å². The second-order valence-corrected chi connectivity index (χ2v) is 6.02. The molecule has 0 aromatic heterocycles. The van der Waals surface area contributed by atoms with Crippen molar-refractivity contribution in [2.24, 2.45) is 11.1 Å². The fourth-order valence-corrected chi connectivity index (χ4v) is 2.95. The Morgan fingerprint density at radius 2 is 1.85 bits per heavy atom. The Morgan fingerprint density at radius 1 is 1.10 bits per heavy atom. The number of ether oxygens (including phenoxy) is 1. The highest BCUT2D eigenvalue weighted by atomic mass is 35.5. The summed E-state index contributed by atoms with van der Waals surface area (Å²) in [5, 5.41) is 0.765. The Kier molecular flexibility index (Phi) is 3.68. The highest BCUT2D eigenvalue weighted by Crippen LogP contribution is 2.36. The van der Waals surface area contributed by atoms with Gasteiger partial charge in [-0.2, -0.15) is 0 Å². The Balaban J connectivity index is 1.84. The zero-order valence-corrected chi connectivity index (χ0v) is 12.1. The maximum atomic E-state index is 6.07. The number of halogens is 1. The number of rotatable bonds is 3. The van der Waals surface area contributed by atoms with E-state index in [1.54, 1.807) is 0 Å². The standard InChI is InChI=1S/C17H18ClNO/c18-15-7-5-13(6-8-15)9-17(11-19)10-14-3-1-2-4-16(14)20-12-17/h1-8H,9-12,19H2. The lowest BCUT2D eigenvalue weighted by Gasteiger charge is -2.37. The zero-order chi connectivity index (χ0) is 14.0. The summed E-state index contributed by atoms with van der Waals surface area (Å²) in [4.78, 5) is 0. The number of para-hydroxylation sites is 1. The fraction of sp³-hybridized carbons (Fsp3) is 0.294. The Bertz CT molecular complexity index is 596. The van der Waals surface area contributed by atoms with Crippen molar-refractivity contribution in [1.29, 1.82) is 0 Å². The first-order chi connectivity index (χ1) is 9.71. The molecule has 2 aromatic carbocycles. The van der Waals surface area contributed by atoms with Crippen LogP contribution < -0.4 is 10.5 Å². The molecule has 0 fully saturated rings. The van der Waals surface area contributed by atoms with Gasteiger partial charge in [-0.3, -0.25) is 0 Å². The predicted molar refractivity (Wildman–Crippen MR) is 82.3 cm³/mol. The van der Waals surface area contributed by atoms with Gasteiger partial charge in [-0.05, 0) is 42.2 Å². The van der Waals surface area contributed by atoms with Crippen molar-refractivity contribution in [3.8, 4) is 5.75 Å². The topological polar surface area (TPSA) is 35.2 Å². The summed E-state index contributed by atoms with van der Waals surface area (Å²) < 4.78 is 5.92.